The van der Waals surface area contributed by atoms with Crippen LogP contribution in [0.3, 0.4) is 0 Å². The van der Waals surface area contributed by atoms with Gasteiger partial charge in [-0.25, -0.2) is 0 Å². The minimum Gasteiger partial charge on any atom is -0.488 e. The van der Waals surface area contributed by atoms with Gasteiger partial charge in [0.05, 0.1) is 25.2 Å². The van der Waals surface area contributed by atoms with Gasteiger partial charge in [0.25, 0.3) is 0 Å². The van der Waals surface area contributed by atoms with E-state index in [9.17, 15) is 15.0 Å². The third-order valence-electron chi connectivity index (χ3n) is 6.15. The van der Waals surface area contributed by atoms with E-state index in [4.69, 9.17) is 4.74 Å². The van der Waals surface area contributed by atoms with Crippen LogP contribution in [-0.2, 0) is 14.3 Å². The van der Waals surface area contributed by atoms with Gasteiger partial charge in [0.15, 0.2) is 5.76 Å². The first-order chi connectivity index (χ1) is 14.2. The SMILES string of the molecule is CCCC[C@H](C)C[C@H](O)C=C[C@@H]1[C@@H]2[C@H](C[C@H]1O)OC(=CCCCC(=O)OC)C2(F)F. The predicted octanol–water partition coefficient (Wildman–Crippen LogP) is 4.38. The van der Waals surface area contributed by atoms with Crippen LogP contribution in [0.2, 0.25) is 0 Å². The van der Waals surface area contributed by atoms with Gasteiger partial charge in [-0.05, 0) is 31.3 Å². The van der Waals surface area contributed by atoms with Crippen LogP contribution < -0.4 is 0 Å². The van der Waals surface area contributed by atoms with Crippen LogP contribution in [0.15, 0.2) is 24.0 Å². The monoisotopic (exact) mass is 430 g/mol. The molecule has 1 saturated heterocycles. The highest BCUT2D eigenvalue weighted by atomic mass is 19.3. The minimum atomic E-state index is -3.19. The van der Waals surface area contributed by atoms with Crippen molar-refractivity contribution in [1.29, 1.82) is 0 Å². The van der Waals surface area contributed by atoms with Crippen LogP contribution in [0.1, 0.15) is 65.2 Å². The van der Waals surface area contributed by atoms with Crippen LogP contribution in [0.25, 0.3) is 0 Å². The number of halogens is 2. The Morgan fingerprint density at radius 1 is 1.40 bits per heavy atom. The number of allylic oxidation sites excluding steroid dienone is 2. The molecule has 2 aliphatic rings. The molecule has 0 unspecified atom stereocenters. The maximum Gasteiger partial charge on any atom is 0.310 e. The summed E-state index contributed by atoms with van der Waals surface area (Å²) >= 11 is 0. The quantitative estimate of drug-likeness (QED) is 0.289. The van der Waals surface area contributed by atoms with Crippen LogP contribution in [-0.4, -0.2) is 47.5 Å². The van der Waals surface area contributed by atoms with E-state index in [2.05, 4.69) is 18.6 Å². The highest BCUT2D eigenvalue weighted by Gasteiger charge is 2.63. The molecule has 1 aliphatic heterocycles. The summed E-state index contributed by atoms with van der Waals surface area (Å²) in [6.45, 7) is 4.19. The molecule has 1 saturated carbocycles. The van der Waals surface area contributed by atoms with Crippen LogP contribution in [0, 0.1) is 17.8 Å². The fraction of sp³-hybridized carbons (Fsp3) is 0.783. The second-order valence-electron chi connectivity index (χ2n) is 8.66. The van der Waals surface area contributed by atoms with Crippen molar-refractivity contribution >= 4 is 5.97 Å². The van der Waals surface area contributed by atoms with Crippen molar-refractivity contribution in [2.75, 3.05) is 7.11 Å². The zero-order valence-electron chi connectivity index (χ0n) is 18.2. The Bertz CT molecular complexity index is 619. The van der Waals surface area contributed by atoms with Crippen LogP contribution >= 0.6 is 0 Å². The molecule has 0 bridgehead atoms. The number of methoxy groups -OCH3 is 1. The van der Waals surface area contributed by atoms with Crippen molar-refractivity contribution in [3.63, 3.8) is 0 Å². The predicted molar refractivity (Wildman–Crippen MR) is 110 cm³/mol. The van der Waals surface area contributed by atoms with Gasteiger partial charge >= 0.3 is 11.9 Å². The lowest BCUT2D eigenvalue weighted by molar-refractivity contribution is -0.140. The number of aliphatic hydroxyl groups excluding tert-OH is 2. The Morgan fingerprint density at radius 2 is 2.13 bits per heavy atom. The maximum atomic E-state index is 15.0. The minimum absolute atomic E-state index is 0.137. The molecule has 0 radical (unpaired) electrons. The molecule has 0 aromatic carbocycles. The number of carbonyl (C=O) groups is 1. The summed E-state index contributed by atoms with van der Waals surface area (Å²) in [6.07, 6.45) is 6.83. The summed E-state index contributed by atoms with van der Waals surface area (Å²) < 4.78 is 40.1. The van der Waals surface area contributed by atoms with E-state index >= 15 is 8.78 Å². The Labute approximate surface area is 178 Å². The fourth-order valence-electron chi connectivity index (χ4n) is 4.46. The molecule has 0 aromatic rings. The van der Waals surface area contributed by atoms with E-state index in [0.717, 1.165) is 19.3 Å². The molecule has 172 valence electrons. The number of hydrogen-bond donors (Lipinski definition) is 2. The molecule has 7 heteroatoms. The van der Waals surface area contributed by atoms with E-state index in [-0.39, 0.29) is 31.0 Å². The van der Waals surface area contributed by atoms with Crippen molar-refractivity contribution in [2.45, 2.75) is 89.4 Å². The fourth-order valence-corrected chi connectivity index (χ4v) is 4.46. The lowest BCUT2D eigenvalue weighted by Crippen LogP contribution is -2.33. The second-order valence-corrected chi connectivity index (χ2v) is 8.66. The van der Waals surface area contributed by atoms with Gasteiger partial charge in [-0.15, -0.1) is 0 Å². The molecule has 5 nitrogen and oxygen atoms in total. The molecule has 2 N–H and O–H groups in total. The molecule has 2 fully saturated rings. The van der Waals surface area contributed by atoms with Gasteiger partial charge < -0.3 is 19.7 Å². The van der Waals surface area contributed by atoms with E-state index in [1.165, 1.54) is 13.2 Å². The molecular formula is C23H36F2O5. The first-order valence-electron chi connectivity index (χ1n) is 11.1. The van der Waals surface area contributed by atoms with E-state index in [1.807, 2.05) is 0 Å². The first kappa shape index (κ1) is 24.8. The molecule has 6 atom stereocenters. The Hall–Kier alpha value is -1.47. The molecule has 1 heterocycles. The Kier molecular flexibility index (Phi) is 9.29. The second kappa shape index (κ2) is 11.2. The molecule has 0 spiro atoms. The van der Waals surface area contributed by atoms with Gasteiger partial charge in [-0.3, -0.25) is 4.79 Å². The Balaban J connectivity index is 1.98. The third-order valence-corrected chi connectivity index (χ3v) is 6.15. The van der Waals surface area contributed by atoms with E-state index in [1.54, 1.807) is 12.2 Å². The normalized spacial score (nSPS) is 31.0. The number of alkyl halides is 2. The van der Waals surface area contributed by atoms with Gasteiger partial charge in [-0.1, -0.05) is 45.3 Å². The number of unbranched alkanes of at least 4 members (excludes halogenated alkanes) is 2. The zero-order chi connectivity index (χ0) is 22.3. The van der Waals surface area contributed by atoms with Crippen LogP contribution in [0.5, 0.6) is 0 Å². The average molecular weight is 431 g/mol. The largest absolute Gasteiger partial charge is 0.488 e. The smallest absolute Gasteiger partial charge is 0.310 e. The maximum absolute atomic E-state index is 15.0. The lowest BCUT2D eigenvalue weighted by atomic mass is 9.87. The van der Waals surface area contributed by atoms with Gasteiger partial charge in [0, 0.05) is 18.8 Å². The van der Waals surface area contributed by atoms with Crippen molar-refractivity contribution in [3.8, 4) is 0 Å². The summed E-state index contributed by atoms with van der Waals surface area (Å²) in [5.74, 6) is -5.52. The van der Waals surface area contributed by atoms with E-state index in [0.29, 0.717) is 18.8 Å². The number of carbonyl (C=O) groups excluding carboxylic acids is 1. The first-order valence-corrected chi connectivity index (χ1v) is 11.1. The summed E-state index contributed by atoms with van der Waals surface area (Å²) in [4.78, 5) is 11.1. The van der Waals surface area contributed by atoms with E-state index < -0.39 is 36.1 Å². The van der Waals surface area contributed by atoms with Crippen molar-refractivity contribution in [3.05, 3.63) is 24.0 Å². The Morgan fingerprint density at radius 3 is 2.80 bits per heavy atom. The number of ether oxygens (including phenoxy) is 2. The third kappa shape index (κ3) is 6.27. The molecule has 1 aliphatic carbocycles. The summed E-state index contributed by atoms with van der Waals surface area (Å²) in [6, 6.07) is 0. The number of rotatable bonds is 11. The topological polar surface area (TPSA) is 76.0 Å². The number of aliphatic hydroxyl groups is 2. The molecule has 0 aromatic heterocycles. The molecule has 0 amide bonds. The van der Waals surface area contributed by atoms with Crippen molar-refractivity contribution < 1.29 is 33.3 Å². The summed E-state index contributed by atoms with van der Waals surface area (Å²) in [7, 11) is 1.29. The average Bonchev–Trinajstić information content (AvgIpc) is 3.13. The van der Waals surface area contributed by atoms with Gasteiger partial charge in [0.1, 0.15) is 6.10 Å². The van der Waals surface area contributed by atoms with Crippen LogP contribution in [0.4, 0.5) is 8.78 Å². The van der Waals surface area contributed by atoms with Crippen molar-refractivity contribution in [1.82, 2.24) is 0 Å². The summed E-state index contributed by atoms with van der Waals surface area (Å²) in [5.41, 5.74) is 0. The highest BCUT2D eigenvalue weighted by molar-refractivity contribution is 5.69. The molecular weight excluding hydrogens is 394 g/mol. The lowest BCUT2D eigenvalue weighted by Gasteiger charge is -2.23. The number of fused-ring (bicyclic) bond motifs is 1. The zero-order valence-corrected chi connectivity index (χ0v) is 18.2. The van der Waals surface area contributed by atoms with Gasteiger partial charge in [-0.2, -0.15) is 8.78 Å². The molecule has 30 heavy (non-hydrogen) atoms. The summed E-state index contributed by atoms with van der Waals surface area (Å²) in [5, 5.41) is 20.6. The molecule has 2 rings (SSSR count). The standard InChI is InChI=1S/C23H36F2O5/c1-4-5-8-15(2)13-16(26)11-12-17-18(27)14-19-22(17)23(24,25)20(30-19)9-6-7-10-21(28)29-3/h9,11-12,15-19,22,26-27H,4-8,10,13-14H2,1-3H3/t15-,16+,17-,18+,19-,22+/m0/s1. The number of hydrogen-bond acceptors (Lipinski definition) is 5. The number of esters is 1. The van der Waals surface area contributed by atoms with Crippen molar-refractivity contribution in [2.24, 2.45) is 17.8 Å². The van der Waals surface area contributed by atoms with Gasteiger partial charge in [0.2, 0.25) is 0 Å². The highest BCUT2D eigenvalue weighted by Crippen LogP contribution is 2.54.